The molecule has 3 heterocycles. The highest BCUT2D eigenvalue weighted by Crippen LogP contribution is 2.40. The zero-order chi connectivity index (χ0) is 37.0. The van der Waals surface area contributed by atoms with Crippen LogP contribution in [0.15, 0.2) is 193 Å². The van der Waals surface area contributed by atoms with Gasteiger partial charge in [-0.15, -0.1) is 0 Å². The number of aromatic nitrogens is 2. The van der Waals surface area contributed by atoms with Gasteiger partial charge in [0.15, 0.2) is 0 Å². The van der Waals surface area contributed by atoms with Crippen LogP contribution in [0.25, 0.3) is 66.9 Å². The molecule has 0 amide bonds. The van der Waals surface area contributed by atoms with Gasteiger partial charge in [0.25, 0.3) is 0 Å². The molecule has 266 valence electrons. The van der Waals surface area contributed by atoms with Crippen LogP contribution >= 0.6 is 0 Å². The fourth-order valence-corrected chi connectivity index (χ4v) is 9.04. The number of nitrogens with zero attached hydrogens (tertiary/aromatic N) is 3. The lowest BCUT2D eigenvalue weighted by molar-refractivity contribution is 0.748. The molecule has 56 heavy (non-hydrogen) atoms. The molecule has 2 aromatic heterocycles. The third kappa shape index (κ3) is 5.47. The van der Waals surface area contributed by atoms with Crippen molar-refractivity contribution in [3.63, 3.8) is 0 Å². The minimum Gasteiger partial charge on any atom is -0.313 e. The maximum Gasteiger partial charge on any atom is 0.0796 e. The average Bonchev–Trinajstić information content (AvgIpc) is 3.79. The van der Waals surface area contributed by atoms with E-state index in [4.69, 9.17) is 4.99 Å². The SMILES string of the molecule is C1=Cc2c(n(-c3ccccc3)c3ccc(-c4ccc5c6ccccc6n(-c6ccc(C7=NC(c8ccccc8)CC(c8ccccc8)=C7)cc6)c5c4)cc23)CC1. The molecule has 9 aromatic rings. The summed E-state index contributed by atoms with van der Waals surface area (Å²) in [5.74, 6) is 0. The van der Waals surface area contributed by atoms with Crippen molar-refractivity contribution in [3.8, 4) is 22.5 Å². The van der Waals surface area contributed by atoms with E-state index in [1.807, 2.05) is 0 Å². The van der Waals surface area contributed by atoms with Crippen LogP contribution in [0.1, 0.15) is 46.8 Å². The molecule has 1 atom stereocenters. The minimum atomic E-state index is 0.0690. The summed E-state index contributed by atoms with van der Waals surface area (Å²) in [6, 6.07) is 64.1. The van der Waals surface area contributed by atoms with E-state index in [1.54, 1.807) is 0 Å². The van der Waals surface area contributed by atoms with E-state index in [1.165, 1.54) is 77.5 Å². The Morgan fingerprint density at radius 1 is 0.482 bits per heavy atom. The van der Waals surface area contributed by atoms with Crippen LogP contribution in [0.3, 0.4) is 0 Å². The van der Waals surface area contributed by atoms with Gasteiger partial charge in [-0.2, -0.15) is 0 Å². The second-order valence-electron chi connectivity index (χ2n) is 15.0. The summed E-state index contributed by atoms with van der Waals surface area (Å²) >= 11 is 0. The third-order valence-corrected chi connectivity index (χ3v) is 11.7. The van der Waals surface area contributed by atoms with Gasteiger partial charge < -0.3 is 9.13 Å². The molecule has 1 aliphatic heterocycles. The van der Waals surface area contributed by atoms with Crippen LogP contribution in [-0.4, -0.2) is 14.8 Å². The summed E-state index contributed by atoms with van der Waals surface area (Å²) in [4.78, 5) is 5.33. The normalized spacial score (nSPS) is 15.2. The van der Waals surface area contributed by atoms with Gasteiger partial charge in [0, 0.05) is 38.8 Å². The number of allylic oxidation sites excluding steroid dienone is 2. The van der Waals surface area contributed by atoms with Crippen molar-refractivity contribution in [1.82, 2.24) is 9.13 Å². The molecule has 1 aliphatic carbocycles. The molecule has 2 aliphatic rings. The second kappa shape index (κ2) is 13.4. The van der Waals surface area contributed by atoms with Gasteiger partial charge in [0.1, 0.15) is 0 Å². The number of para-hydroxylation sites is 2. The van der Waals surface area contributed by atoms with Crippen molar-refractivity contribution in [2.75, 3.05) is 0 Å². The van der Waals surface area contributed by atoms with Crippen molar-refractivity contribution in [2.24, 2.45) is 4.99 Å². The lowest BCUT2D eigenvalue weighted by Gasteiger charge is -2.22. The van der Waals surface area contributed by atoms with Crippen molar-refractivity contribution in [1.29, 1.82) is 0 Å². The lowest BCUT2D eigenvalue weighted by Crippen LogP contribution is -2.10. The number of fused-ring (bicyclic) bond motifs is 6. The second-order valence-corrected chi connectivity index (χ2v) is 15.0. The molecule has 3 heteroatoms. The molecular formula is C53H39N3. The number of rotatable bonds is 6. The highest BCUT2D eigenvalue weighted by atomic mass is 15.0. The molecule has 0 saturated carbocycles. The summed E-state index contributed by atoms with van der Waals surface area (Å²) < 4.78 is 4.88. The molecule has 0 radical (unpaired) electrons. The number of hydrogen-bond donors (Lipinski definition) is 0. The summed E-state index contributed by atoms with van der Waals surface area (Å²) in [5.41, 5.74) is 17.1. The zero-order valence-electron chi connectivity index (χ0n) is 31.0. The first kappa shape index (κ1) is 32.5. The van der Waals surface area contributed by atoms with Gasteiger partial charge in [-0.05, 0) is 107 Å². The Bertz CT molecular complexity index is 3010. The largest absolute Gasteiger partial charge is 0.313 e. The maximum atomic E-state index is 5.33. The summed E-state index contributed by atoms with van der Waals surface area (Å²) in [6.07, 6.45) is 9.92. The Hall–Kier alpha value is -6.97. The van der Waals surface area contributed by atoms with Crippen LogP contribution < -0.4 is 0 Å². The number of hydrogen-bond acceptors (Lipinski definition) is 1. The predicted molar refractivity (Wildman–Crippen MR) is 235 cm³/mol. The maximum absolute atomic E-state index is 5.33. The van der Waals surface area contributed by atoms with Crippen molar-refractivity contribution < 1.29 is 0 Å². The van der Waals surface area contributed by atoms with E-state index in [2.05, 4.69) is 203 Å². The van der Waals surface area contributed by atoms with Gasteiger partial charge in [0.2, 0.25) is 0 Å². The molecule has 11 rings (SSSR count). The smallest absolute Gasteiger partial charge is 0.0796 e. The van der Waals surface area contributed by atoms with Crippen LogP contribution in [0.4, 0.5) is 0 Å². The highest BCUT2D eigenvalue weighted by molar-refractivity contribution is 6.14. The van der Waals surface area contributed by atoms with Crippen LogP contribution in [0.5, 0.6) is 0 Å². The van der Waals surface area contributed by atoms with Gasteiger partial charge in [-0.25, -0.2) is 0 Å². The molecule has 1 unspecified atom stereocenters. The summed E-state index contributed by atoms with van der Waals surface area (Å²) in [6.45, 7) is 0. The number of benzene rings is 7. The number of dihydropyridines is 1. The standard InChI is InChI=1S/C53H39N3/c1-4-14-36(15-5-1)41-33-48(37-16-6-2-7-17-37)54-49(34-41)38-24-28-43(29-25-38)56-50-22-12-10-20-44(50)46-30-26-40(35-53(46)56)39-27-31-52-47(32-39)45-21-11-13-23-51(45)55(52)42-18-8-3-9-19-42/h1-12,14-22,24-32,34-35,48H,13,23,33H2. The van der Waals surface area contributed by atoms with Gasteiger partial charge >= 0.3 is 0 Å². The Labute approximate surface area is 326 Å². The molecule has 0 spiro atoms. The first-order valence-electron chi connectivity index (χ1n) is 19.7. The van der Waals surface area contributed by atoms with Gasteiger partial charge in [-0.1, -0.05) is 140 Å². The zero-order valence-corrected chi connectivity index (χ0v) is 31.0. The first-order chi connectivity index (χ1) is 27.8. The van der Waals surface area contributed by atoms with E-state index in [-0.39, 0.29) is 6.04 Å². The van der Waals surface area contributed by atoms with Crippen LogP contribution in [0.2, 0.25) is 0 Å². The Balaban J connectivity index is 1.01. The van der Waals surface area contributed by atoms with Crippen molar-refractivity contribution >= 4 is 50.1 Å². The molecule has 0 fully saturated rings. The molecule has 0 saturated heterocycles. The predicted octanol–water partition coefficient (Wildman–Crippen LogP) is 13.4. The molecule has 0 N–H and O–H groups in total. The van der Waals surface area contributed by atoms with Crippen molar-refractivity contribution in [3.05, 3.63) is 216 Å². The van der Waals surface area contributed by atoms with E-state index < -0.39 is 0 Å². The van der Waals surface area contributed by atoms with Gasteiger partial charge in [-0.3, -0.25) is 4.99 Å². The van der Waals surface area contributed by atoms with E-state index >= 15 is 0 Å². The number of aliphatic imine (C=N–C) groups is 1. The molecule has 3 nitrogen and oxygen atoms in total. The summed E-state index contributed by atoms with van der Waals surface area (Å²) in [5, 5.41) is 3.81. The summed E-state index contributed by atoms with van der Waals surface area (Å²) in [7, 11) is 0. The molecular weight excluding hydrogens is 679 g/mol. The quantitative estimate of drug-likeness (QED) is 0.163. The van der Waals surface area contributed by atoms with E-state index in [0.717, 1.165) is 36.2 Å². The Morgan fingerprint density at radius 3 is 1.95 bits per heavy atom. The van der Waals surface area contributed by atoms with Gasteiger partial charge in [0.05, 0.1) is 28.3 Å². The monoisotopic (exact) mass is 717 g/mol. The fraction of sp³-hybridized carbons (Fsp3) is 0.0755. The molecule has 7 aromatic carbocycles. The van der Waals surface area contributed by atoms with E-state index in [9.17, 15) is 0 Å². The topological polar surface area (TPSA) is 22.2 Å². The minimum absolute atomic E-state index is 0.0690. The van der Waals surface area contributed by atoms with E-state index in [0.29, 0.717) is 0 Å². The average molecular weight is 718 g/mol. The van der Waals surface area contributed by atoms with Crippen LogP contribution in [0, 0.1) is 0 Å². The fourth-order valence-electron chi connectivity index (χ4n) is 9.04. The van der Waals surface area contributed by atoms with Crippen LogP contribution in [-0.2, 0) is 6.42 Å². The lowest BCUT2D eigenvalue weighted by atomic mass is 9.90. The Morgan fingerprint density at radius 2 is 1.12 bits per heavy atom. The third-order valence-electron chi connectivity index (χ3n) is 11.7. The molecule has 0 bridgehead atoms. The first-order valence-corrected chi connectivity index (χ1v) is 19.7. The Kier molecular flexibility index (Phi) is 7.77. The highest BCUT2D eigenvalue weighted by Gasteiger charge is 2.22. The van der Waals surface area contributed by atoms with Crippen molar-refractivity contribution in [2.45, 2.75) is 25.3 Å².